The quantitative estimate of drug-likeness (QED) is 0.526. The highest BCUT2D eigenvalue weighted by Crippen LogP contribution is 2.25. The Labute approximate surface area is 160 Å². The molecule has 0 spiro atoms. The number of benzene rings is 3. The summed E-state index contributed by atoms with van der Waals surface area (Å²) in [6.07, 6.45) is 0. The third kappa shape index (κ3) is 3.29. The van der Waals surface area contributed by atoms with E-state index in [1.165, 1.54) is 12.1 Å². The molecule has 0 unspecified atom stereocenters. The van der Waals surface area contributed by atoms with Gasteiger partial charge in [-0.3, -0.25) is 4.79 Å². The van der Waals surface area contributed by atoms with Crippen molar-refractivity contribution in [3.8, 4) is 11.4 Å². The minimum absolute atomic E-state index is 0.0730. The van der Waals surface area contributed by atoms with E-state index in [2.05, 4.69) is 10.3 Å². The maximum Gasteiger partial charge on any atom is 0.257 e. The van der Waals surface area contributed by atoms with Gasteiger partial charge in [0, 0.05) is 18.3 Å². The molecule has 1 aromatic heterocycles. The maximum absolute atomic E-state index is 13.1. The summed E-state index contributed by atoms with van der Waals surface area (Å²) in [5, 5.41) is 2.84. The third-order valence-corrected chi connectivity index (χ3v) is 4.68. The molecular weight excluding hydrogens is 365 g/mol. The second kappa shape index (κ2) is 6.85. The number of nitrogens with zero attached hydrogens (tertiary/aromatic N) is 2. The van der Waals surface area contributed by atoms with Gasteiger partial charge in [0.1, 0.15) is 11.6 Å². The van der Waals surface area contributed by atoms with Crippen molar-refractivity contribution in [1.29, 1.82) is 0 Å². The summed E-state index contributed by atoms with van der Waals surface area (Å²) in [4.78, 5) is 17.0. The first-order valence-electron chi connectivity index (χ1n) is 8.31. The highest BCUT2D eigenvalue weighted by atomic mass is 35.5. The topological polar surface area (TPSA) is 46.9 Å². The van der Waals surface area contributed by atoms with Gasteiger partial charge in [-0.25, -0.2) is 9.37 Å². The molecule has 0 aliphatic carbocycles. The average Bonchev–Trinajstić information content (AvgIpc) is 2.99. The summed E-state index contributed by atoms with van der Waals surface area (Å²) in [5.41, 5.74) is 3.75. The van der Waals surface area contributed by atoms with Crippen LogP contribution in [-0.2, 0) is 7.05 Å². The van der Waals surface area contributed by atoms with Crippen molar-refractivity contribution in [1.82, 2.24) is 9.55 Å². The van der Waals surface area contributed by atoms with Crippen LogP contribution in [0.15, 0.2) is 66.7 Å². The number of hydrogen-bond donors (Lipinski definition) is 1. The Morgan fingerprint density at radius 2 is 1.81 bits per heavy atom. The molecule has 3 aromatic carbocycles. The maximum atomic E-state index is 13.1. The Morgan fingerprint density at radius 3 is 2.52 bits per heavy atom. The van der Waals surface area contributed by atoms with E-state index in [1.54, 1.807) is 12.1 Å². The number of halogens is 2. The minimum Gasteiger partial charge on any atom is -0.327 e. The van der Waals surface area contributed by atoms with Crippen molar-refractivity contribution in [2.75, 3.05) is 5.32 Å². The molecule has 0 aliphatic rings. The summed E-state index contributed by atoms with van der Waals surface area (Å²) < 4.78 is 15.2. The van der Waals surface area contributed by atoms with Crippen molar-refractivity contribution in [3.63, 3.8) is 0 Å². The molecule has 0 radical (unpaired) electrons. The second-order valence-electron chi connectivity index (χ2n) is 6.14. The number of amides is 1. The van der Waals surface area contributed by atoms with Crippen LogP contribution in [0.5, 0.6) is 0 Å². The number of aryl methyl sites for hydroxylation is 1. The number of imidazole rings is 1. The normalized spacial score (nSPS) is 10.9. The number of nitrogens with one attached hydrogen (secondary N) is 1. The molecule has 0 saturated carbocycles. The van der Waals surface area contributed by atoms with Crippen molar-refractivity contribution in [3.05, 3.63) is 83.1 Å². The molecule has 6 heteroatoms. The third-order valence-electron chi connectivity index (χ3n) is 4.36. The summed E-state index contributed by atoms with van der Waals surface area (Å²) in [5.74, 6) is -0.0329. The number of carbonyl (C=O) groups is 1. The molecule has 134 valence electrons. The Balaban J connectivity index is 1.58. The summed E-state index contributed by atoms with van der Waals surface area (Å²) in [6.45, 7) is 0. The molecule has 0 saturated heterocycles. The molecule has 0 aliphatic heterocycles. The second-order valence-corrected chi connectivity index (χ2v) is 6.55. The van der Waals surface area contributed by atoms with Gasteiger partial charge in [0.25, 0.3) is 5.91 Å². The highest BCUT2D eigenvalue weighted by Gasteiger charge is 2.13. The first-order valence-corrected chi connectivity index (χ1v) is 8.69. The molecule has 0 atom stereocenters. The molecule has 1 heterocycles. The van der Waals surface area contributed by atoms with Crippen molar-refractivity contribution >= 4 is 34.2 Å². The van der Waals surface area contributed by atoms with Crippen molar-refractivity contribution < 1.29 is 9.18 Å². The monoisotopic (exact) mass is 379 g/mol. The number of para-hydroxylation sites is 2. The van der Waals surface area contributed by atoms with Crippen LogP contribution in [0.25, 0.3) is 22.4 Å². The molecule has 0 fully saturated rings. The zero-order valence-corrected chi connectivity index (χ0v) is 15.2. The molecule has 4 nitrogen and oxygen atoms in total. The summed E-state index contributed by atoms with van der Waals surface area (Å²) >= 11 is 5.94. The first-order chi connectivity index (χ1) is 13.0. The van der Waals surface area contributed by atoms with Gasteiger partial charge in [-0.15, -0.1) is 0 Å². The average molecular weight is 380 g/mol. The van der Waals surface area contributed by atoms with Crippen LogP contribution in [0.2, 0.25) is 5.02 Å². The van der Waals surface area contributed by atoms with Gasteiger partial charge >= 0.3 is 0 Å². The van der Waals surface area contributed by atoms with Gasteiger partial charge in [0.2, 0.25) is 0 Å². The van der Waals surface area contributed by atoms with E-state index in [1.807, 2.05) is 48.0 Å². The standard InChI is InChI=1S/C21H15ClFN3O/c1-26-19-5-3-2-4-18(19)25-20(26)13-6-9-15(10-7-13)24-21(27)16-11-8-14(23)12-17(16)22/h2-12H,1H3,(H,24,27). The molecule has 0 bridgehead atoms. The first kappa shape index (κ1) is 17.2. The Bertz CT molecular complexity index is 1150. The van der Waals surface area contributed by atoms with Gasteiger partial charge in [0.15, 0.2) is 0 Å². The lowest BCUT2D eigenvalue weighted by Gasteiger charge is -2.08. The van der Waals surface area contributed by atoms with Gasteiger partial charge in [0.05, 0.1) is 21.6 Å². The predicted molar refractivity (Wildman–Crippen MR) is 106 cm³/mol. The smallest absolute Gasteiger partial charge is 0.257 e. The van der Waals surface area contributed by atoms with E-state index in [-0.39, 0.29) is 10.6 Å². The van der Waals surface area contributed by atoms with E-state index in [9.17, 15) is 9.18 Å². The van der Waals surface area contributed by atoms with E-state index >= 15 is 0 Å². The van der Waals surface area contributed by atoms with Gasteiger partial charge < -0.3 is 9.88 Å². The Morgan fingerprint density at radius 1 is 1.07 bits per heavy atom. The molecule has 1 amide bonds. The minimum atomic E-state index is -0.483. The lowest BCUT2D eigenvalue weighted by Crippen LogP contribution is -2.12. The lowest BCUT2D eigenvalue weighted by atomic mass is 10.1. The van der Waals surface area contributed by atoms with Gasteiger partial charge in [-0.1, -0.05) is 23.7 Å². The summed E-state index contributed by atoms with van der Waals surface area (Å²) in [6, 6.07) is 19.0. The molecule has 27 heavy (non-hydrogen) atoms. The number of carbonyl (C=O) groups excluding carboxylic acids is 1. The number of hydrogen-bond acceptors (Lipinski definition) is 2. The Hall–Kier alpha value is -3.18. The molecule has 4 aromatic rings. The van der Waals surface area contributed by atoms with Crippen molar-refractivity contribution in [2.24, 2.45) is 7.05 Å². The molecule has 4 rings (SSSR count). The lowest BCUT2D eigenvalue weighted by molar-refractivity contribution is 0.102. The van der Waals surface area contributed by atoms with E-state index in [0.29, 0.717) is 5.69 Å². The van der Waals surface area contributed by atoms with Crippen LogP contribution < -0.4 is 5.32 Å². The number of rotatable bonds is 3. The van der Waals surface area contributed by atoms with E-state index < -0.39 is 11.7 Å². The van der Waals surface area contributed by atoms with Crippen LogP contribution in [-0.4, -0.2) is 15.5 Å². The number of fused-ring (bicyclic) bond motifs is 1. The fourth-order valence-electron chi connectivity index (χ4n) is 2.98. The van der Waals surface area contributed by atoms with E-state index in [4.69, 9.17) is 11.6 Å². The van der Waals surface area contributed by atoms with Crippen LogP contribution in [0.4, 0.5) is 10.1 Å². The molecule has 1 N–H and O–H groups in total. The van der Waals surface area contributed by atoms with Crippen LogP contribution in [0.3, 0.4) is 0 Å². The van der Waals surface area contributed by atoms with Crippen LogP contribution >= 0.6 is 11.6 Å². The molecular formula is C21H15ClFN3O. The van der Waals surface area contributed by atoms with Crippen LogP contribution in [0, 0.1) is 5.82 Å². The van der Waals surface area contributed by atoms with Gasteiger partial charge in [-0.05, 0) is 54.6 Å². The van der Waals surface area contributed by atoms with E-state index in [0.717, 1.165) is 28.5 Å². The summed E-state index contributed by atoms with van der Waals surface area (Å²) in [7, 11) is 1.97. The van der Waals surface area contributed by atoms with Crippen LogP contribution in [0.1, 0.15) is 10.4 Å². The predicted octanol–water partition coefficient (Wildman–Crippen LogP) is 5.29. The fraction of sp³-hybridized carbons (Fsp3) is 0.0476. The fourth-order valence-corrected chi connectivity index (χ4v) is 3.23. The number of anilines is 1. The highest BCUT2D eigenvalue weighted by molar-refractivity contribution is 6.34. The van der Waals surface area contributed by atoms with Crippen molar-refractivity contribution in [2.45, 2.75) is 0 Å². The number of aromatic nitrogens is 2. The SMILES string of the molecule is Cn1c(-c2ccc(NC(=O)c3ccc(F)cc3Cl)cc2)nc2ccccc21. The zero-order valence-electron chi connectivity index (χ0n) is 14.4. The zero-order chi connectivity index (χ0) is 19.0. The largest absolute Gasteiger partial charge is 0.327 e. The van der Waals surface area contributed by atoms with Gasteiger partial charge in [-0.2, -0.15) is 0 Å². The Kier molecular flexibility index (Phi) is 4.38.